The monoisotopic (exact) mass is 229 g/mol. The van der Waals surface area contributed by atoms with Crippen LogP contribution in [0.4, 0.5) is 5.69 Å². The minimum atomic E-state index is -0.883. The highest BCUT2D eigenvalue weighted by Gasteiger charge is 2.31. The molecule has 86 valence electrons. The van der Waals surface area contributed by atoms with Gasteiger partial charge in [0.15, 0.2) is 5.78 Å². The van der Waals surface area contributed by atoms with Gasteiger partial charge in [-0.15, -0.1) is 0 Å². The van der Waals surface area contributed by atoms with Crippen molar-refractivity contribution in [3.63, 3.8) is 0 Å². The fraction of sp³-hybridized carbons (Fsp3) is 0.154. The Hall–Kier alpha value is -2.07. The van der Waals surface area contributed by atoms with Gasteiger partial charge in [0.05, 0.1) is 6.42 Å². The summed E-state index contributed by atoms with van der Waals surface area (Å²) in [5.41, 5.74) is 2.48. The van der Waals surface area contributed by atoms with Crippen molar-refractivity contribution in [1.29, 1.82) is 0 Å². The van der Waals surface area contributed by atoms with Crippen molar-refractivity contribution in [3.05, 3.63) is 52.9 Å². The molecule has 17 heavy (non-hydrogen) atoms. The van der Waals surface area contributed by atoms with E-state index in [0.29, 0.717) is 16.8 Å². The predicted octanol–water partition coefficient (Wildman–Crippen LogP) is 1.81. The van der Waals surface area contributed by atoms with Gasteiger partial charge in [-0.05, 0) is 6.07 Å². The van der Waals surface area contributed by atoms with Crippen molar-refractivity contribution in [1.82, 2.24) is 0 Å². The van der Waals surface area contributed by atoms with Crippen LogP contribution in [0, 0.1) is 0 Å². The summed E-state index contributed by atoms with van der Waals surface area (Å²) in [5, 5.41) is 23.0. The van der Waals surface area contributed by atoms with Crippen LogP contribution in [-0.4, -0.2) is 16.0 Å². The summed E-state index contributed by atoms with van der Waals surface area (Å²) in [6.07, 6.45) is 0.467. The Kier molecular flexibility index (Phi) is 2.06. The lowest BCUT2D eigenvalue weighted by Crippen LogP contribution is -2.23. The third-order valence-corrected chi connectivity index (χ3v) is 3.06. The molecule has 1 aromatic carbocycles. The average Bonchev–Trinajstić information content (AvgIpc) is 2.28. The van der Waals surface area contributed by atoms with Crippen molar-refractivity contribution < 1.29 is 15.0 Å². The Balaban J connectivity index is 2.14. The molecule has 4 nitrogen and oxygen atoms in total. The first-order valence-electron chi connectivity index (χ1n) is 5.38. The van der Waals surface area contributed by atoms with Crippen LogP contribution in [0.1, 0.15) is 18.1 Å². The average molecular weight is 229 g/mol. The fourth-order valence-corrected chi connectivity index (χ4v) is 2.29. The number of benzene rings is 1. The number of anilines is 1. The van der Waals surface area contributed by atoms with Gasteiger partial charge in [0.1, 0.15) is 11.9 Å². The minimum Gasteiger partial charge on any atom is -0.507 e. The van der Waals surface area contributed by atoms with Crippen LogP contribution >= 0.6 is 0 Å². The van der Waals surface area contributed by atoms with E-state index >= 15 is 0 Å². The molecular weight excluding hydrogens is 218 g/mol. The third-order valence-electron chi connectivity index (χ3n) is 3.06. The molecule has 0 amide bonds. The van der Waals surface area contributed by atoms with E-state index in [1.54, 1.807) is 6.07 Å². The van der Waals surface area contributed by atoms with Crippen LogP contribution in [-0.2, 0) is 4.79 Å². The Labute approximate surface area is 97.9 Å². The summed E-state index contributed by atoms with van der Waals surface area (Å²) < 4.78 is 0. The number of rotatable bonds is 0. The lowest BCUT2D eigenvalue weighted by molar-refractivity contribution is -0.114. The number of aliphatic hydroxyl groups excluding tert-OH is 2. The summed E-state index contributed by atoms with van der Waals surface area (Å²) in [5.74, 6) is -0.314. The molecule has 1 unspecified atom stereocenters. The van der Waals surface area contributed by atoms with Gasteiger partial charge in [-0.1, -0.05) is 18.2 Å². The number of nitrogens with one attached hydrogen (secondary N) is 1. The van der Waals surface area contributed by atoms with Crippen molar-refractivity contribution >= 4 is 11.5 Å². The lowest BCUT2D eigenvalue weighted by Gasteiger charge is -2.30. The molecule has 1 aliphatic carbocycles. The van der Waals surface area contributed by atoms with E-state index in [4.69, 9.17) is 0 Å². The molecule has 1 atom stereocenters. The molecule has 4 heteroatoms. The minimum absolute atomic E-state index is 0.147. The number of carbonyl (C=O) groups excluding carboxylic acids is 1. The van der Waals surface area contributed by atoms with E-state index < -0.39 is 6.10 Å². The summed E-state index contributed by atoms with van der Waals surface area (Å²) in [4.78, 5) is 11.4. The van der Waals surface area contributed by atoms with Crippen molar-refractivity contribution in [2.24, 2.45) is 0 Å². The second-order valence-corrected chi connectivity index (χ2v) is 4.18. The Morgan fingerprint density at radius 3 is 2.88 bits per heavy atom. The first kappa shape index (κ1) is 10.1. The Bertz CT molecular complexity index is 572. The molecule has 0 fully saturated rings. The summed E-state index contributed by atoms with van der Waals surface area (Å²) in [6.45, 7) is 0. The zero-order valence-electron chi connectivity index (χ0n) is 8.97. The van der Waals surface area contributed by atoms with Crippen LogP contribution in [0.15, 0.2) is 47.4 Å². The van der Waals surface area contributed by atoms with E-state index in [1.807, 2.05) is 18.2 Å². The van der Waals surface area contributed by atoms with Crippen LogP contribution in [0.5, 0.6) is 0 Å². The van der Waals surface area contributed by atoms with Gasteiger partial charge in [-0.3, -0.25) is 4.79 Å². The van der Waals surface area contributed by atoms with Gasteiger partial charge in [-0.25, -0.2) is 0 Å². The standard InChI is InChI=1S/C13H11NO3/c15-7-5-10-12(11(16)6-7)13(17)8-3-1-2-4-9(8)14-10/h1-4,6,13-14,16-17H,5H2. The van der Waals surface area contributed by atoms with Crippen LogP contribution < -0.4 is 5.32 Å². The van der Waals surface area contributed by atoms with Crippen LogP contribution in [0.3, 0.4) is 0 Å². The topological polar surface area (TPSA) is 69.6 Å². The smallest absolute Gasteiger partial charge is 0.165 e. The predicted molar refractivity (Wildman–Crippen MR) is 62.4 cm³/mol. The summed E-state index contributed by atoms with van der Waals surface area (Å²) >= 11 is 0. The van der Waals surface area contributed by atoms with Gasteiger partial charge < -0.3 is 15.5 Å². The maximum atomic E-state index is 11.4. The molecule has 1 aromatic rings. The van der Waals surface area contributed by atoms with Crippen molar-refractivity contribution in [2.45, 2.75) is 12.5 Å². The number of hydrogen-bond donors (Lipinski definition) is 3. The number of carbonyl (C=O) groups is 1. The van der Waals surface area contributed by atoms with Gasteiger partial charge in [0.25, 0.3) is 0 Å². The number of fused-ring (bicyclic) bond motifs is 1. The Morgan fingerprint density at radius 1 is 1.29 bits per heavy atom. The normalized spacial score (nSPS) is 22.5. The van der Waals surface area contributed by atoms with Crippen LogP contribution in [0.25, 0.3) is 0 Å². The van der Waals surface area contributed by atoms with Gasteiger partial charge >= 0.3 is 0 Å². The SMILES string of the molecule is O=C1C=C(O)C2=C(C1)Nc1ccccc1C2O. The fourth-order valence-electron chi connectivity index (χ4n) is 2.29. The molecule has 1 aliphatic heterocycles. The molecule has 3 N–H and O–H groups in total. The molecule has 1 heterocycles. The maximum Gasteiger partial charge on any atom is 0.165 e. The van der Waals surface area contributed by atoms with Gasteiger partial charge in [0.2, 0.25) is 0 Å². The van der Waals surface area contributed by atoms with E-state index in [2.05, 4.69) is 5.32 Å². The van der Waals surface area contributed by atoms with E-state index in [-0.39, 0.29) is 18.0 Å². The van der Waals surface area contributed by atoms with E-state index in [1.165, 1.54) is 0 Å². The molecule has 0 bridgehead atoms. The molecule has 0 saturated heterocycles. The molecule has 2 aliphatic rings. The van der Waals surface area contributed by atoms with Crippen molar-refractivity contribution in [3.8, 4) is 0 Å². The molecule has 3 rings (SSSR count). The van der Waals surface area contributed by atoms with E-state index in [9.17, 15) is 15.0 Å². The summed E-state index contributed by atoms with van der Waals surface area (Å²) in [6, 6.07) is 7.30. The van der Waals surface area contributed by atoms with Crippen LogP contribution in [0.2, 0.25) is 0 Å². The van der Waals surface area contributed by atoms with Gasteiger partial charge in [0, 0.05) is 28.6 Å². The van der Waals surface area contributed by atoms with Gasteiger partial charge in [-0.2, -0.15) is 0 Å². The first-order valence-corrected chi connectivity index (χ1v) is 5.38. The molecular formula is C13H11NO3. The largest absolute Gasteiger partial charge is 0.507 e. The zero-order chi connectivity index (χ0) is 12.0. The summed E-state index contributed by atoms with van der Waals surface area (Å²) in [7, 11) is 0. The highest BCUT2D eigenvalue weighted by molar-refractivity contribution is 5.95. The number of aliphatic hydroxyl groups is 2. The quantitative estimate of drug-likeness (QED) is 0.634. The molecule has 0 aromatic heterocycles. The Morgan fingerprint density at radius 2 is 2.06 bits per heavy atom. The number of ketones is 1. The third kappa shape index (κ3) is 1.45. The molecule has 0 spiro atoms. The van der Waals surface area contributed by atoms with Crippen molar-refractivity contribution in [2.75, 3.05) is 5.32 Å². The number of allylic oxidation sites excluding steroid dienone is 2. The number of para-hydroxylation sites is 1. The highest BCUT2D eigenvalue weighted by atomic mass is 16.3. The maximum absolute atomic E-state index is 11.4. The second kappa shape index (κ2) is 3.46. The highest BCUT2D eigenvalue weighted by Crippen LogP contribution is 2.40. The van der Waals surface area contributed by atoms with E-state index in [0.717, 1.165) is 11.8 Å². The second-order valence-electron chi connectivity index (χ2n) is 4.18. The first-order chi connectivity index (χ1) is 8.16. The number of hydrogen-bond acceptors (Lipinski definition) is 4. The zero-order valence-corrected chi connectivity index (χ0v) is 8.97. The molecule has 0 saturated carbocycles. The lowest BCUT2D eigenvalue weighted by atomic mass is 9.88. The molecule has 0 radical (unpaired) electrons.